The third kappa shape index (κ3) is 2.63. The zero-order valence-corrected chi connectivity index (χ0v) is 12.3. The van der Waals surface area contributed by atoms with Crippen molar-refractivity contribution in [1.82, 2.24) is 10.6 Å². The second-order valence-corrected chi connectivity index (χ2v) is 5.27. The smallest absolute Gasteiger partial charge is 0.341 e. The number of carbonyl (C=O) groups is 2. The summed E-state index contributed by atoms with van der Waals surface area (Å²) in [5.74, 6) is -2.20. The molecule has 10 nitrogen and oxygen atoms in total. The summed E-state index contributed by atoms with van der Waals surface area (Å²) in [4.78, 5) is 31.2. The van der Waals surface area contributed by atoms with Crippen LogP contribution in [-0.2, 0) is 9.59 Å². The standard InChI is InChI=1S/C12H18N6O4/c1-11(9(19)20,7-13-3-4-14-7)17-18-12(2,10(21)22)8-15-5-6-16-8/h3-6H2,1-2H3,(H,13,14)(H,15,16)(H,19,20)(H,21,22). The van der Waals surface area contributed by atoms with E-state index in [0.29, 0.717) is 26.2 Å². The fourth-order valence-corrected chi connectivity index (χ4v) is 2.03. The maximum Gasteiger partial charge on any atom is 0.341 e. The molecule has 0 saturated carbocycles. The predicted octanol–water partition coefficient (Wildman–Crippen LogP) is -0.871. The summed E-state index contributed by atoms with van der Waals surface area (Å²) in [6.07, 6.45) is 0. The van der Waals surface area contributed by atoms with Gasteiger partial charge in [0.15, 0.2) is 0 Å². The van der Waals surface area contributed by atoms with Crippen LogP contribution in [0.25, 0.3) is 0 Å². The first-order valence-electron chi connectivity index (χ1n) is 6.79. The number of hydrogen-bond acceptors (Lipinski definition) is 8. The number of carboxylic acid groups (broad SMARTS) is 2. The minimum atomic E-state index is -1.76. The lowest BCUT2D eigenvalue weighted by molar-refractivity contribution is -0.142. The average Bonchev–Trinajstić information content (AvgIpc) is 3.15. The van der Waals surface area contributed by atoms with E-state index in [1.165, 1.54) is 13.8 Å². The Morgan fingerprint density at radius 3 is 1.55 bits per heavy atom. The van der Waals surface area contributed by atoms with Gasteiger partial charge < -0.3 is 20.8 Å². The van der Waals surface area contributed by atoms with E-state index in [1.54, 1.807) is 0 Å². The molecule has 4 N–H and O–H groups in total. The van der Waals surface area contributed by atoms with Crippen LogP contribution in [0, 0.1) is 0 Å². The molecule has 0 saturated heterocycles. The second kappa shape index (κ2) is 5.70. The molecule has 2 aliphatic rings. The highest BCUT2D eigenvalue weighted by Crippen LogP contribution is 2.21. The first-order chi connectivity index (χ1) is 10.3. The van der Waals surface area contributed by atoms with Crippen molar-refractivity contribution in [3.05, 3.63) is 0 Å². The fraction of sp³-hybridized carbons (Fsp3) is 0.667. The minimum absolute atomic E-state index is 0.165. The van der Waals surface area contributed by atoms with Crippen LogP contribution in [-0.4, -0.2) is 71.1 Å². The van der Waals surface area contributed by atoms with E-state index in [4.69, 9.17) is 0 Å². The molecule has 0 amide bonds. The summed E-state index contributed by atoms with van der Waals surface area (Å²) in [6, 6.07) is 0. The summed E-state index contributed by atoms with van der Waals surface area (Å²) in [5.41, 5.74) is -3.52. The molecule has 0 aromatic heterocycles. The summed E-state index contributed by atoms with van der Waals surface area (Å²) < 4.78 is 0. The van der Waals surface area contributed by atoms with Crippen LogP contribution in [0.5, 0.6) is 0 Å². The van der Waals surface area contributed by atoms with Crippen LogP contribution in [0.3, 0.4) is 0 Å². The lowest BCUT2D eigenvalue weighted by Gasteiger charge is -2.23. The third-order valence-electron chi connectivity index (χ3n) is 3.55. The van der Waals surface area contributed by atoms with Gasteiger partial charge in [0.1, 0.15) is 11.7 Å². The normalized spacial score (nSPS) is 23.0. The molecule has 0 radical (unpaired) electrons. The van der Waals surface area contributed by atoms with Gasteiger partial charge in [-0.15, -0.1) is 0 Å². The molecule has 2 unspecified atom stereocenters. The van der Waals surface area contributed by atoms with Crippen molar-refractivity contribution < 1.29 is 19.8 Å². The Bertz CT molecular complexity index is 536. The van der Waals surface area contributed by atoms with E-state index < -0.39 is 23.0 Å². The van der Waals surface area contributed by atoms with E-state index in [9.17, 15) is 19.8 Å². The molecule has 10 heteroatoms. The largest absolute Gasteiger partial charge is 0.479 e. The van der Waals surface area contributed by atoms with Crippen LogP contribution in [0.2, 0.25) is 0 Å². The van der Waals surface area contributed by atoms with Crippen LogP contribution in [0.1, 0.15) is 13.8 Å². The lowest BCUT2D eigenvalue weighted by Crippen LogP contribution is -2.50. The molecule has 2 rings (SSSR count). The van der Waals surface area contributed by atoms with Crippen LogP contribution < -0.4 is 10.6 Å². The molecule has 0 fully saturated rings. The van der Waals surface area contributed by atoms with Crippen molar-refractivity contribution in [2.24, 2.45) is 20.2 Å². The fourth-order valence-electron chi connectivity index (χ4n) is 2.03. The number of nitrogens with zero attached hydrogens (tertiary/aromatic N) is 4. The minimum Gasteiger partial charge on any atom is -0.479 e. The Kier molecular flexibility index (Phi) is 4.11. The predicted molar refractivity (Wildman–Crippen MR) is 77.5 cm³/mol. The zero-order valence-electron chi connectivity index (χ0n) is 12.3. The molecule has 0 aromatic carbocycles. The molecule has 0 spiro atoms. The number of aliphatic imine (C=N–C) groups is 2. The van der Waals surface area contributed by atoms with Crippen LogP contribution in [0.15, 0.2) is 20.2 Å². The number of aliphatic carboxylic acids is 2. The highest BCUT2D eigenvalue weighted by molar-refractivity contribution is 6.11. The SMILES string of the molecule is CC(N=NC(C)(C(=O)O)C1=NCCN1)(C(=O)O)C1=NCCN1. The van der Waals surface area contributed by atoms with Gasteiger partial charge in [-0.05, 0) is 13.8 Å². The third-order valence-corrected chi connectivity index (χ3v) is 3.55. The number of rotatable bonds is 6. The molecule has 22 heavy (non-hydrogen) atoms. The summed E-state index contributed by atoms with van der Waals surface area (Å²) in [7, 11) is 0. The Balaban J connectivity index is 2.36. The Labute approximate surface area is 126 Å². The monoisotopic (exact) mass is 310 g/mol. The van der Waals surface area contributed by atoms with Crippen molar-refractivity contribution in [1.29, 1.82) is 0 Å². The van der Waals surface area contributed by atoms with Crippen molar-refractivity contribution in [3.63, 3.8) is 0 Å². The molecule has 2 atom stereocenters. The van der Waals surface area contributed by atoms with Crippen molar-refractivity contribution >= 4 is 23.6 Å². The Hall–Kier alpha value is -2.52. The van der Waals surface area contributed by atoms with Gasteiger partial charge in [0, 0.05) is 13.1 Å². The summed E-state index contributed by atoms with van der Waals surface area (Å²) in [5, 5.41) is 32.1. The molecule has 0 aliphatic carbocycles. The van der Waals surface area contributed by atoms with E-state index >= 15 is 0 Å². The topological polar surface area (TPSA) is 148 Å². The van der Waals surface area contributed by atoms with Gasteiger partial charge in [-0.3, -0.25) is 9.98 Å². The Morgan fingerprint density at radius 1 is 0.955 bits per heavy atom. The lowest BCUT2D eigenvalue weighted by atomic mass is 10.0. The second-order valence-electron chi connectivity index (χ2n) is 5.27. The molecular formula is C12H18N6O4. The van der Waals surface area contributed by atoms with Gasteiger partial charge in [0.25, 0.3) is 0 Å². The first kappa shape index (κ1) is 15.9. The van der Waals surface area contributed by atoms with E-state index in [1.807, 2.05) is 0 Å². The molecule has 2 heterocycles. The molecule has 120 valence electrons. The highest BCUT2D eigenvalue weighted by Gasteiger charge is 2.45. The summed E-state index contributed by atoms with van der Waals surface area (Å²) >= 11 is 0. The Morgan fingerprint density at radius 2 is 1.32 bits per heavy atom. The zero-order chi connectivity index (χ0) is 16.4. The van der Waals surface area contributed by atoms with Gasteiger partial charge >= 0.3 is 11.9 Å². The van der Waals surface area contributed by atoms with Crippen molar-refractivity contribution in [2.75, 3.05) is 26.2 Å². The first-order valence-corrected chi connectivity index (χ1v) is 6.79. The molecule has 2 aliphatic heterocycles. The molecular weight excluding hydrogens is 292 g/mol. The van der Waals surface area contributed by atoms with Gasteiger partial charge in [-0.2, -0.15) is 10.2 Å². The number of nitrogens with one attached hydrogen (secondary N) is 2. The quantitative estimate of drug-likeness (QED) is 0.469. The van der Waals surface area contributed by atoms with Gasteiger partial charge in [0.2, 0.25) is 11.1 Å². The summed E-state index contributed by atoms with van der Waals surface area (Å²) in [6.45, 7) is 4.55. The molecule has 0 aromatic rings. The van der Waals surface area contributed by atoms with Crippen molar-refractivity contribution in [2.45, 2.75) is 24.9 Å². The maximum atomic E-state index is 11.5. The van der Waals surface area contributed by atoms with Gasteiger partial charge in [-0.25, -0.2) is 9.59 Å². The number of carboxylic acids is 2. The highest BCUT2D eigenvalue weighted by atomic mass is 16.4. The maximum absolute atomic E-state index is 11.5. The van der Waals surface area contributed by atoms with E-state index in [0.717, 1.165) is 0 Å². The van der Waals surface area contributed by atoms with E-state index in [-0.39, 0.29) is 11.7 Å². The average molecular weight is 310 g/mol. The number of azo groups is 1. The van der Waals surface area contributed by atoms with Gasteiger partial charge in [-0.1, -0.05) is 0 Å². The number of hydrogen-bond donors (Lipinski definition) is 4. The van der Waals surface area contributed by atoms with Crippen molar-refractivity contribution in [3.8, 4) is 0 Å². The number of amidine groups is 2. The van der Waals surface area contributed by atoms with Crippen LogP contribution >= 0.6 is 0 Å². The van der Waals surface area contributed by atoms with E-state index in [2.05, 4.69) is 30.8 Å². The van der Waals surface area contributed by atoms with Crippen LogP contribution in [0.4, 0.5) is 0 Å². The molecule has 0 bridgehead atoms. The van der Waals surface area contributed by atoms with Gasteiger partial charge in [0.05, 0.1) is 13.1 Å².